The number of benzene rings is 1. The largest absolute Gasteiger partial charge is 0.495 e. The van der Waals surface area contributed by atoms with Crippen LogP contribution in [0.15, 0.2) is 23.1 Å². The number of aliphatic hydroxyl groups is 1. The van der Waals surface area contributed by atoms with Gasteiger partial charge in [-0.15, -0.1) is 0 Å². The van der Waals surface area contributed by atoms with Gasteiger partial charge in [-0.05, 0) is 84.3 Å². The van der Waals surface area contributed by atoms with Gasteiger partial charge in [0.2, 0.25) is 10.0 Å². The van der Waals surface area contributed by atoms with Crippen LogP contribution in [0.4, 0.5) is 0 Å². The second kappa shape index (κ2) is 6.05. The number of hydrogen-bond acceptors (Lipinski definition) is 5. The summed E-state index contributed by atoms with van der Waals surface area (Å²) in [5.41, 5.74) is -0.560. The zero-order valence-electron chi connectivity index (χ0n) is 17.3. The van der Waals surface area contributed by atoms with Crippen molar-refractivity contribution in [1.29, 1.82) is 0 Å². The van der Waals surface area contributed by atoms with Gasteiger partial charge in [-0.3, -0.25) is 0 Å². The molecule has 1 aromatic carbocycles. The molecule has 154 valence electrons. The first-order chi connectivity index (χ1) is 12.8. The highest BCUT2D eigenvalue weighted by atomic mass is 32.2. The summed E-state index contributed by atoms with van der Waals surface area (Å²) in [6, 6.07) is 5.08. The van der Waals surface area contributed by atoms with Crippen LogP contribution in [-0.2, 0) is 19.3 Å². The van der Waals surface area contributed by atoms with E-state index >= 15 is 0 Å². The van der Waals surface area contributed by atoms with Crippen molar-refractivity contribution in [3.05, 3.63) is 23.8 Å². The molecule has 0 amide bonds. The number of rotatable bonds is 4. The molecule has 1 saturated heterocycles. The third kappa shape index (κ3) is 3.23. The lowest BCUT2D eigenvalue weighted by Gasteiger charge is -2.32. The summed E-state index contributed by atoms with van der Waals surface area (Å²) in [4.78, 5) is 0.208. The summed E-state index contributed by atoms with van der Waals surface area (Å²) in [5.74, 6) is 0. The molecule has 3 aliphatic rings. The standard InChI is InChI=1S/C20H30BNO5S/c1-14-6-7-15(12-16(14)21-26-17(2,3)18(4,5)27-21)28(24,25)22-19-8-10-20(23,13-19)11-9-19/h6-7,12,22-23H,8-11,13H2,1-5H3. The minimum absolute atomic E-state index is 0.208. The predicted molar refractivity (Wildman–Crippen MR) is 108 cm³/mol. The first-order valence-electron chi connectivity index (χ1n) is 9.99. The molecule has 1 aliphatic heterocycles. The fourth-order valence-corrected chi connectivity index (χ4v) is 6.16. The number of aryl methyl sites for hydroxylation is 1. The molecule has 2 N–H and O–H groups in total. The van der Waals surface area contributed by atoms with Crippen molar-refractivity contribution >= 4 is 22.6 Å². The van der Waals surface area contributed by atoms with E-state index in [4.69, 9.17) is 9.31 Å². The molecule has 2 bridgehead atoms. The Morgan fingerprint density at radius 3 is 2.11 bits per heavy atom. The van der Waals surface area contributed by atoms with Crippen LogP contribution in [0.3, 0.4) is 0 Å². The van der Waals surface area contributed by atoms with E-state index in [2.05, 4.69) is 4.72 Å². The molecule has 1 heterocycles. The van der Waals surface area contributed by atoms with Gasteiger partial charge < -0.3 is 14.4 Å². The fraction of sp³-hybridized carbons (Fsp3) is 0.700. The third-order valence-corrected chi connectivity index (χ3v) is 8.80. The normalized spacial score (nSPS) is 33.6. The van der Waals surface area contributed by atoms with E-state index in [1.807, 2.05) is 34.6 Å². The number of hydrogen-bond donors (Lipinski definition) is 2. The lowest BCUT2D eigenvalue weighted by molar-refractivity contribution is 0.00578. The molecule has 0 aromatic heterocycles. The fourth-order valence-electron chi connectivity index (χ4n) is 4.67. The number of sulfonamides is 1. The molecule has 6 nitrogen and oxygen atoms in total. The van der Waals surface area contributed by atoms with Crippen LogP contribution in [0.25, 0.3) is 0 Å². The van der Waals surface area contributed by atoms with Gasteiger partial charge in [0.05, 0.1) is 21.7 Å². The van der Waals surface area contributed by atoms with E-state index in [1.165, 1.54) is 0 Å². The summed E-state index contributed by atoms with van der Waals surface area (Å²) in [5, 5.41) is 10.4. The second-order valence-electron chi connectivity index (χ2n) is 9.89. The Labute approximate surface area is 168 Å². The molecular weight excluding hydrogens is 377 g/mol. The molecule has 2 saturated carbocycles. The maximum absolute atomic E-state index is 13.1. The van der Waals surface area contributed by atoms with Gasteiger partial charge in [0, 0.05) is 5.54 Å². The van der Waals surface area contributed by atoms with Crippen molar-refractivity contribution in [3.63, 3.8) is 0 Å². The van der Waals surface area contributed by atoms with Crippen molar-refractivity contribution in [2.75, 3.05) is 0 Å². The van der Waals surface area contributed by atoms with E-state index in [9.17, 15) is 13.5 Å². The lowest BCUT2D eigenvalue weighted by atomic mass is 9.76. The zero-order valence-corrected chi connectivity index (χ0v) is 18.1. The Kier molecular flexibility index (Phi) is 4.39. The average Bonchev–Trinajstić information content (AvgIpc) is 3.12. The Morgan fingerprint density at radius 1 is 1.04 bits per heavy atom. The van der Waals surface area contributed by atoms with E-state index < -0.39 is 39.5 Å². The smallest absolute Gasteiger partial charge is 0.399 e. The Bertz CT molecular complexity index is 887. The molecule has 4 rings (SSSR count). The van der Waals surface area contributed by atoms with Crippen molar-refractivity contribution in [1.82, 2.24) is 4.72 Å². The van der Waals surface area contributed by atoms with E-state index in [-0.39, 0.29) is 4.90 Å². The molecule has 0 spiro atoms. The monoisotopic (exact) mass is 407 g/mol. The maximum atomic E-state index is 13.1. The van der Waals surface area contributed by atoms with Crippen LogP contribution >= 0.6 is 0 Å². The van der Waals surface area contributed by atoms with Crippen LogP contribution in [0.1, 0.15) is 65.4 Å². The highest BCUT2D eigenvalue weighted by molar-refractivity contribution is 7.89. The van der Waals surface area contributed by atoms with Gasteiger partial charge in [0.25, 0.3) is 0 Å². The zero-order chi connectivity index (χ0) is 20.6. The first-order valence-corrected chi connectivity index (χ1v) is 11.5. The van der Waals surface area contributed by atoms with Gasteiger partial charge in [-0.1, -0.05) is 11.6 Å². The van der Waals surface area contributed by atoms with Crippen molar-refractivity contribution in [2.24, 2.45) is 0 Å². The van der Waals surface area contributed by atoms with Gasteiger partial charge in [-0.2, -0.15) is 0 Å². The SMILES string of the molecule is Cc1ccc(S(=O)(=O)NC23CCC(O)(CC2)C3)cc1B1OC(C)(C)C(C)(C)O1. The maximum Gasteiger partial charge on any atom is 0.495 e. The molecule has 2 aliphatic carbocycles. The molecule has 0 radical (unpaired) electrons. The summed E-state index contributed by atoms with van der Waals surface area (Å²) in [6.45, 7) is 9.84. The van der Waals surface area contributed by atoms with Crippen LogP contribution in [0.2, 0.25) is 0 Å². The quantitative estimate of drug-likeness (QED) is 0.747. The average molecular weight is 407 g/mol. The van der Waals surface area contributed by atoms with Gasteiger partial charge >= 0.3 is 7.12 Å². The topological polar surface area (TPSA) is 84.9 Å². The second-order valence-corrected chi connectivity index (χ2v) is 11.6. The molecule has 3 fully saturated rings. The van der Waals surface area contributed by atoms with Gasteiger partial charge in [0.1, 0.15) is 0 Å². The number of nitrogens with one attached hydrogen (secondary N) is 1. The van der Waals surface area contributed by atoms with Crippen molar-refractivity contribution in [3.8, 4) is 0 Å². The highest BCUT2D eigenvalue weighted by Crippen LogP contribution is 2.51. The van der Waals surface area contributed by atoms with Gasteiger partial charge in [-0.25, -0.2) is 13.1 Å². The molecule has 28 heavy (non-hydrogen) atoms. The predicted octanol–water partition coefficient (Wildman–Crippen LogP) is 2.02. The molecule has 1 aromatic rings. The van der Waals surface area contributed by atoms with Crippen LogP contribution < -0.4 is 10.2 Å². The number of fused-ring (bicyclic) bond motifs is 2. The van der Waals surface area contributed by atoms with Crippen molar-refractivity contribution in [2.45, 2.75) is 94.0 Å². The van der Waals surface area contributed by atoms with Crippen LogP contribution in [-0.4, -0.2) is 43.0 Å². The first kappa shape index (κ1) is 20.4. The Balaban J connectivity index is 1.62. The van der Waals surface area contributed by atoms with Crippen molar-refractivity contribution < 1.29 is 22.8 Å². The van der Waals surface area contributed by atoms with E-state index in [0.717, 1.165) is 11.0 Å². The minimum atomic E-state index is -3.71. The van der Waals surface area contributed by atoms with Gasteiger partial charge in [0.15, 0.2) is 0 Å². The summed E-state index contributed by atoms with van der Waals surface area (Å²) in [6.07, 6.45) is 3.16. The van der Waals surface area contributed by atoms with Crippen LogP contribution in [0.5, 0.6) is 0 Å². The summed E-state index contributed by atoms with van der Waals surface area (Å²) < 4.78 is 41.4. The minimum Gasteiger partial charge on any atom is -0.399 e. The Morgan fingerprint density at radius 2 is 1.61 bits per heavy atom. The third-order valence-electron chi connectivity index (χ3n) is 7.22. The van der Waals surface area contributed by atoms with E-state index in [1.54, 1.807) is 18.2 Å². The van der Waals surface area contributed by atoms with Crippen LogP contribution in [0, 0.1) is 6.92 Å². The lowest BCUT2D eigenvalue weighted by Crippen LogP contribution is -2.45. The Hall–Kier alpha value is -0.925. The van der Waals surface area contributed by atoms with E-state index in [0.29, 0.717) is 32.1 Å². The summed E-state index contributed by atoms with van der Waals surface area (Å²) >= 11 is 0. The molecule has 0 atom stereocenters. The molecule has 0 unspecified atom stereocenters. The molecular formula is C20H30BNO5S. The highest BCUT2D eigenvalue weighted by Gasteiger charge is 2.55. The molecule has 8 heteroatoms. The summed E-state index contributed by atoms with van der Waals surface area (Å²) in [7, 11) is -4.32.